The van der Waals surface area contributed by atoms with E-state index < -0.39 is 22.6 Å². The number of carbonyl (C=O) groups is 2. The largest absolute Gasteiger partial charge is 0.452 e. The Morgan fingerprint density at radius 2 is 1.89 bits per heavy atom. The molecular weight excluding hydrogens is 368 g/mol. The standard InChI is InChI=1S/C19H28N2O5S/c1-7-21(12-14(2)3)18(22)13-26-19(23)16-9-8-10-17(11-16)27(24,25)20(6)15(4)5/h8-11,15H,2,7,12-13H2,1,3-6H3. The van der Waals surface area contributed by atoms with Crippen molar-refractivity contribution in [3.63, 3.8) is 0 Å². The number of nitrogens with zero attached hydrogens (tertiary/aromatic N) is 2. The van der Waals surface area contributed by atoms with Crippen LogP contribution in [0.4, 0.5) is 0 Å². The van der Waals surface area contributed by atoms with E-state index in [0.29, 0.717) is 13.1 Å². The summed E-state index contributed by atoms with van der Waals surface area (Å²) in [4.78, 5) is 25.9. The molecule has 0 saturated carbocycles. The van der Waals surface area contributed by atoms with Crippen LogP contribution in [0.5, 0.6) is 0 Å². The first-order valence-electron chi connectivity index (χ1n) is 8.68. The molecule has 27 heavy (non-hydrogen) atoms. The molecule has 0 N–H and O–H groups in total. The maximum absolute atomic E-state index is 12.6. The first kappa shape index (κ1) is 22.9. The average molecular weight is 397 g/mol. The van der Waals surface area contributed by atoms with Gasteiger partial charge in [-0.2, -0.15) is 4.31 Å². The van der Waals surface area contributed by atoms with E-state index in [4.69, 9.17) is 4.74 Å². The van der Waals surface area contributed by atoms with E-state index in [1.807, 2.05) is 13.8 Å². The van der Waals surface area contributed by atoms with Crippen molar-refractivity contribution in [1.29, 1.82) is 0 Å². The maximum atomic E-state index is 12.6. The Morgan fingerprint density at radius 3 is 2.41 bits per heavy atom. The molecule has 0 fully saturated rings. The Hall–Kier alpha value is -2.19. The summed E-state index contributed by atoms with van der Waals surface area (Å²) in [5.74, 6) is -1.09. The summed E-state index contributed by atoms with van der Waals surface area (Å²) in [5.41, 5.74) is 0.896. The third-order valence-electron chi connectivity index (χ3n) is 4.00. The minimum Gasteiger partial charge on any atom is -0.452 e. The molecule has 0 heterocycles. The zero-order valence-electron chi connectivity index (χ0n) is 16.6. The molecule has 150 valence electrons. The first-order chi connectivity index (χ1) is 12.5. The van der Waals surface area contributed by atoms with Gasteiger partial charge in [-0.05, 0) is 45.9 Å². The van der Waals surface area contributed by atoms with Crippen LogP contribution in [0.15, 0.2) is 41.3 Å². The summed E-state index contributed by atoms with van der Waals surface area (Å²) in [6.07, 6.45) is 0. The molecule has 1 amide bonds. The van der Waals surface area contributed by atoms with Crippen molar-refractivity contribution in [2.45, 2.75) is 38.6 Å². The Labute approximate surface area is 161 Å². The van der Waals surface area contributed by atoms with Crippen molar-refractivity contribution >= 4 is 21.9 Å². The van der Waals surface area contributed by atoms with Crippen molar-refractivity contribution < 1.29 is 22.7 Å². The highest BCUT2D eigenvalue weighted by molar-refractivity contribution is 7.89. The van der Waals surface area contributed by atoms with E-state index in [0.717, 1.165) is 5.57 Å². The van der Waals surface area contributed by atoms with Crippen molar-refractivity contribution in [2.24, 2.45) is 0 Å². The van der Waals surface area contributed by atoms with Gasteiger partial charge in [-0.1, -0.05) is 18.2 Å². The van der Waals surface area contributed by atoms with Crippen LogP contribution in [0.25, 0.3) is 0 Å². The van der Waals surface area contributed by atoms with Crippen molar-refractivity contribution in [1.82, 2.24) is 9.21 Å². The molecular formula is C19H28N2O5S. The summed E-state index contributed by atoms with van der Waals surface area (Å²) < 4.78 is 31.4. The number of amides is 1. The number of esters is 1. The van der Waals surface area contributed by atoms with Gasteiger partial charge in [0.1, 0.15) is 0 Å². The summed E-state index contributed by atoms with van der Waals surface area (Å²) in [7, 11) is -2.24. The van der Waals surface area contributed by atoms with Crippen LogP contribution in [-0.2, 0) is 19.6 Å². The van der Waals surface area contributed by atoms with Crippen molar-refractivity contribution in [2.75, 3.05) is 26.7 Å². The number of likely N-dealkylation sites (N-methyl/N-ethyl adjacent to an activating group) is 1. The van der Waals surface area contributed by atoms with Crippen molar-refractivity contribution in [3.8, 4) is 0 Å². The Bertz CT molecular complexity index is 802. The molecule has 1 aromatic rings. The van der Waals surface area contributed by atoms with Gasteiger partial charge in [0.15, 0.2) is 6.61 Å². The molecule has 0 bridgehead atoms. The predicted octanol–water partition coefficient (Wildman–Crippen LogP) is 2.30. The molecule has 8 heteroatoms. The number of hydrogen-bond acceptors (Lipinski definition) is 5. The van der Waals surface area contributed by atoms with Crippen molar-refractivity contribution in [3.05, 3.63) is 42.0 Å². The lowest BCUT2D eigenvalue weighted by atomic mass is 10.2. The molecule has 0 aliphatic rings. The zero-order valence-corrected chi connectivity index (χ0v) is 17.4. The van der Waals surface area contributed by atoms with Crippen LogP contribution < -0.4 is 0 Å². The van der Waals surface area contributed by atoms with E-state index in [-0.39, 0.29) is 22.4 Å². The third kappa shape index (κ3) is 6.18. The minimum atomic E-state index is -3.72. The summed E-state index contributed by atoms with van der Waals surface area (Å²) in [6.45, 7) is 11.4. The zero-order chi connectivity index (χ0) is 20.8. The molecule has 0 spiro atoms. The van der Waals surface area contributed by atoms with Crippen LogP contribution in [0.2, 0.25) is 0 Å². The average Bonchev–Trinajstić information content (AvgIpc) is 2.62. The van der Waals surface area contributed by atoms with Crippen LogP contribution >= 0.6 is 0 Å². The van der Waals surface area contributed by atoms with Crippen LogP contribution in [0.1, 0.15) is 38.1 Å². The first-order valence-corrected chi connectivity index (χ1v) is 10.1. The van der Waals surface area contributed by atoms with Gasteiger partial charge < -0.3 is 9.64 Å². The number of hydrogen-bond donors (Lipinski definition) is 0. The Morgan fingerprint density at radius 1 is 1.26 bits per heavy atom. The van der Waals surface area contributed by atoms with Gasteiger partial charge in [0.25, 0.3) is 5.91 Å². The molecule has 0 aromatic heterocycles. The smallest absolute Gasteiger partial charge is 0.338 e. The van der Waals surface area contributed by atoms with Gasteiger partial charge >= 0.3 is 5.97 Å². The fraction of sp³-hybridized carbons (Fsp3) is 0.474. The van der Waals surface area contributed by atoms with Gasteiger partial charge in [-0.25, -0.2) is 13.2 Å². The number of carbonyl (C=O) groups excluding carboxylic acids is 2. The Kier molecular flexibility index (Phi) is 8.18. The van der Waals surface area contributed by atoms with E-state index in [1.165, 1.54) is 40.5 Å². The molecule has 0 aliphatic carbocycles. The lowest BCUT2D eigenvalue weighted by Gasteiger charge is -2.21. The highest BCUT2D eigenvalue weighted by atomic mass is 32.2. The fourth-order valence-corrected chi connectivity index (χ4v) is 3.65. The maximum Gasteiger partial charge on any atom is 0.338 e. The summed E-state index contributed by atoms with van der Waals surface area (Å²) >= 11 is 0. The fourth-order valence-electron chi connectivity index (χ4n) is 2.23. The molecule has 1 aromatic carbocycles. The lowest BCUT2D eigenvalue weighted by Crippen LogP contribution is -2.35. The van der Waals surface area contributed by atoms with Gasteiger partial charge in [-0.3, -0.25) is 4.79 Å². The number of ether oxygens (including phenoxy) is 1. The molecule has 7 nitrogen and oxygen atoms in total. The van der Waals surface area contributed by atoms with Gasteiger partial charge in [0, 0.05) is 26.2 Å². The molecule has 0 unspecified atom stereocenters. The lowest BCUT2D eigenvalue weighted by molar-refractivity contribution is -0.133. The number of benzene rings is 1. The number of rotatable bonds is 9. The van der Waals surface area contributed by atoms with Gasteiger partial charge in [0.2, 0.25) is 10.0 Å². The molecule has 1 rings (SSSR count). The summed E-state index contributed by atoms with van der Waals surface area (Å²) in [5, 5.41) is 0. The normalized spacial score (nSPS) is 11.5. The summed E-state index contributed by atoms with van der Waals surface area (Å²) in [6, 6.07) is 5.37. The van der Waals surface area contributed by atoms with E-state index >= 15 is 0 Å². The SMILES string of the molecule is C=C(C)CN(CC)C(=O)COC(=O)c1cccc(S(=O)(=O)N(C)C(C)C)c1. The van der Waals surface area contributed by atoms with Gasteiger partial charge in [0.05, 0.1) is 10.5 Å². The second kappa shape index (κ2) is 9.66. The van der Waals surface area contributed by atoms with Gasteiger partial charge in [-0.15, -0.1) is 0 Å². The number of sulfonamides is 1. The van der Waals surface area contributed by atoms with E-state index in [1.54, 1.807) is 13.8 Å². The highest BCUT2D eigenvalue weighted by Crippen LogP contribution is 2.18. The third-order valence-corrected chi connectivity index (χ3v) is 6.03. The Balaban J connectivity index is 2.88. The van der Waals surface area contributed by atoms with Crippen LogP contribution in [-0.4, -0.2) is 62.3 Å². The second-order valence-corrected chi connectivity index (χ2v) is 8.58. The predicted molar refractivity (Wildman–Crippen MR) is 104 cm³/mol. The molecule has 0 aliphatic heterocycles. The quantitative estimate of drug-likeness (QED) is 0.472. The molecule has 0 saturated heterocycles. The highest BCUT2D eigenvalue weighted by Gasteiger charge is 2.24. The molecule has 0 atom stereocenters. The minimum absolute atomic E-state index is 0.00283. The van der Waals surface area contributed by atoms with E-state index in [9.17, 15) is 18.0 Å². The topological polar surface area (TPSA) is 84.0 Å². The molecule has 0 radical (unpaired) electrons. The van der Waals surface area contributed by atoms with Crippen LogP contribution in [0.3, 0.4) is 0 Å². The van der Waals surface area contributed by atoms with E-state index in [2.05, 4.69) is 6.58 Å². The van der Waals surface area contributed by atoms with Crippen LogP contribution in [0, 0.1) is 0 Å². The monoisotopic (exact) mass is 396 g/mol. The second-order valence-electron chi connectivity index (χ2n) is 6.58.